The van der Waals surface area contributed by atoms with Crippen molar-refractivity contribution in [2.45, 2.75) is 13.3 Å². The first-order chi connectivity index (χ1) is 9.40. The maximum absolute atomic E-state index is 13.9. The van der Waals surface area contributed by atoms with E-state index in [1.807, 2.05) is 13.0 Å². The summed E-state index contributed by atoms with van der Waals surface area (Å²) in [7, 11) is 0. The molecule has 1 amide bonds. The molecule has 0 saturated heterocycles. The highest BCUT2D eigenvalue weighted by molar-refractivity contribution is 5.95. The van der Waals surface area contributed by atoms with Crippen LogP contribution in [0.15, 0.2) is 23.8 Å². The van der Waals surface area contributed by atoms with E-state index in [4.69, 9.17) is 0 Å². The molecule has 0 bridgehead atoms. The fourth-order valence-corrected chi connectivity index (χ4v) is 2.12. The summed E-state index contributed by atoms with van der Waals surface area (Å²) in [6.07, 6.45) is 2.57. The van der Waals surface area contributed by atoms with E-state index in [0.29, 0.717) is 31.6 Å². The van der Waals surface area contributed by atoms with E-state index in [9.17, 15) is 23.7 Å². The van der Waals surface area contributed by atoms with Crippen LogP contribution in [-0.2, 0) is 0 Å². The van der Waals surface area contributed by atoms with Crippen molar-refractivity contribution < 1.29 is 18.5 Å². The van der Waals surface area contributed by atoms with Gasteiger partial charge in [0.25, 0.3) is 5.91 Å². The van der Waals surface area contributed by atoms with Crippen LogP contribution in [-0.4, -0.2) is 28.8 Å². The van der Waals surface area contributed by atoms with Crippen LogP contribution < -0.4 is 0 Å². The van der Waals surface area contributed by atoms with Crippen molar-refractivity contribution in [3.63, 3.8) is 0 Å². The lowest BCUT2D eigenvalue weighted by atomic mass is 10.1. The minimum atomic E-state index is -1.30. The van der Waals surface area contributed by atoms with Crippen LogP contribution in [0.3, 0.4) is 0 Å². The summed E-state index contributed by atoms with van der Waals surface area (Å²) >= 11 is 0. The molecule has 1 aromatic rings. The number of hydrogen-bond acceptors (Lipinski definition) is 3. The molecule has 0 N–H and O–H groups in total. The Hall–Kier alpha value is -2.31. The number of rotatable bonds is 2. The van der Waals surface area contributed by atoms with Crippen molar-refractivity contribution in [1.82, 2.24) is 4.90 Å². The summed E-state index contributed by atoms with van der Waals surface area (Å²) in [4.78, 5) is 23.1. The van der Waals surface area contributed by atoms with E-state index < -0.39 is 33.7 Å². The van der Waals surface area contributed by atoms with Gasteiger partial charge in [0.1, 0.15) is 5.82 Å². The number of carbonyl (C=O) groups excluding carboxylic acids is 1. The number of nitrogens with zero attached hydrogens (tertiary/aromatic N) is 2. The zero-order valence-corrected chi connectivity index (χ0v) is 10.7. The summed E-state index contributed by atoms with van der Waals surface area (Å²) in [5, 5.41) is 10.6. The molecule has 1 aromatic carbocycles. The molecular formula is C13H12F2N2O3. The smallest absolute Gasteiger partial charge is 0.308 e. The van der Waals surface area contributed by atoms with Crippen molar-refractivity contribution in [3.8, 4) is 0 Å². The average Bonchev–Trinajstić information content (AvgIpc) is 2.40. The summed E-state index contributed by atoms with van der Waals surface area (Å²) in [5.41, 5.74) is -0.695. The topological polar surface area (TPSA) is 63.5 Å². The first kappa shape index (κ1) is 14.1. The SMILES string of the molecule is CC1=CCCN(C(=O)c2cc(F)cc([N+](=O)[O-])c2F)C1. The van der Waals surface area contributed by atoms with Crippen molar-refractivity contribution >= 4 is 11.6 Å². The molecule has 0 unspecified atom stereocenters. The van der Waals surface area contributed by atoms with E-state index in [2.05, 4.69) is 0 Å². The van der Waals surface area contributed by atoms with Gasteiger partial charge in [-0.2, -0.15) is 4.39 Å². The molecule has 0 saturated carbocycles. The standard InChI is InChI=1S/C13H12F2N2O3/c1-8-3-2-4-16(7-8)13(18)10-5-9(14)6-11(12(10)15)17(19)20/h3,5-6H,2,4,7H2,1H3. The lowest BCUT2D eigenvalue weighted by Gasteiger charge is -2.26. The summed E-state index contributed by atoms with van der Waals surface area (Å²) in [6.45, 7) is 2.51. The number of amides is 1. The van der Waals surface area contributed by atoms with Crippen molar-refractivity contribution in [2.75, 3.05) is 13.1 Å². The van der Waals surface area contributed by atoms with Crippen LogP contribution >= 0.6 is 0 Å². The number of nitro benzene ring substituents is 1. The zero-order chi connectivity index (χ0) is 14.9. The van der Waals surface area contributed by atoms with Crippen LogP contribution in [0.5, 0.6) is 0 Å². The van der Waals surface area contributed by atoms with Crippen molar-refractivity contribution in [1.29, 1.82) is 0 Å². The highest BCUT2D eigenvalue weighted by Crippen LogP contribution is 2.24. The predicted octanol–water partition coefficient (Wildman–Crippen LogP) is 2.67. The first-order valence-corrected chi connectivity index (χ1v) is 5.98. The summed E-state index contributed by atoms with van der Waals surface area (Å²) in [6, 6.07) is 1.16. The number of benzene rings is 1. The lowest BCUT2D eigenvalue weighted by molar-refractivity contribution is -0.387. The normalized spacial score (nSPS) is 14.9. The Morgan fingerprint density at radius 1 is 1.40 bits per heavy atom. The van der Waals surface area contributed by atoms with Gasteiger partial charge in [-0.15, -0.1) is 0 Å². The van der Waals surface area contributed by atoms with Gasteiger partial charge in [0, 0.05) is 13.1 Å². The molecule has 0 radical (unpaired) electrons. The quantitative estimate of drug-likeness (QED) is 0.476. The van der Waals surface area contributed by atoms with E-state index in [-0.39, 0.29) is 0 Å². The van der Waals surface area contributed by atoms with Crippen LogP contribution in [0, 0.1) is 21.7 Å². The maximum Gasteiger partial charge on any atom is 0.308 e. The molecule has 0 aromatic heterocycles. The monoisotopic (exact) mass is 282 g/mol. The molecule has 1 aliphatic heterocycles. The molecule has 1 heterocycles. The average molecular weight is 282 g/mol. The minimum absolute atomic E-state index is 0.308. The molecule has 0 atom stereocenters. The number of hydrogen-bond donors (Lipinski definition) is 0. The Morgan fingerprint density at radius 2 is 2.10 bits per heavy atom. The fraction of sp³-hybridized carbons (Fsp3) is 0.308. The number of carbonyl (C=O) groups is 1. The third kappa shape index (κ3) is 2.66. The van der Waals surface area contributed by atoms with Crippen LogP contribution in [0.2, 0.25) is 0 Å². The predicted molar refractivity (Wildman–Crippen MR) is 67.3 cm³/mol. The van der Waals surface area contributed by atoms with E-state index >= 15 is 0 Å². The van der Waals surface area contributed by atoms with Gasteiger partial charge < -0.3 is 4.90 Å². The summed E-state index contributed by atoms with van der Waals surface area (Å²) < 4.78 is 27.3. The lowest BCUT2D eigenvalue weighted by Crippen LogP contribution is -2.36. The van der Waals surface area contributed by atoms with Gasteiger partial charge in [-0.25, -0.2) is 4.39 Å². The fourth-order valence-electron chi connectivity index (χ4n) is 2.12. The van der Waals surface area contributed by atoms with E-state index in [1.54, 1.807) is 0 Å². The van der Waals surface area contributed by atoms with Crippen LogP contribution in [0.1, 0.15) is 23.7 Å². The van der Waals surface area contributed by atoms with Gasteiger partial charge in [-0.1, -0.05) is 11.6 Å². The van der Waals surface area contributed by atoms with Gasteiger partial charge in [0.15, 0.2) is 0 Å². The number of halogens is 2. The Balaban J connectivity index is 2.40. The molecule has 0 fully saturated rings. The van der Waals surface area contributed by atoms with Gasteiger partial charge >= 0.3 is 5.69 Å². The van der Waals surface area contributed by atoms with Crippen LogP contribution in [0.4, 0.5) is 14.5 Å². The highest BCUT2D eigenvalue weighted by atomic mass is 19.1. The Bertz CT molecular complexity index is 614. The highest BCUT2D eigenvalue weighted by Gasteiger charge is 2.27. The Kier molecular flexibility index (Phi) is 3.78. The molecule has 7 heteroatoms. The van der Waals surface area contributed by atoms with Gasteiger partial charge in [0.2, 0.25) is 5.82 Å². The second kappa shape index (κ2) is 5.36. The maximum atomic E-state index is 13.9. The van der Waals surface area contributed by atoms with E-state index in [0.717, 1.165) is 5.57 Å². The molecule has 0 aliphatic carbocycles. The molecule has 106 valence electrons. The molecule has 5 nitrogen and oxygen atoms in total. The van der Waals surface area contributed by atoms with Gasteiger partial charge in [0.05, 0.1) is 16.6 Å². The van der Waals surface area contributed by atoms with Gasteiger partial charge in [-0.05, 0) is 19.4 Å². The number of nitro groups is 1. The summed E-state index contributed by atoms with van der Waals surface area (Å²) in [5.74, 6) is -3.04. The first-order valence-electron chi connectivity index (χ1n) is 5.98. The van der Waals surface area contributed by atoms with E-state index in [1.165, 1.54) is 4.90 Å². The molecule has 20 heavy (non-hydrogen) atoms. The molecular weight excluding hydrogens is 270 g/mol. The third-order valence-corrected chi connectivity index (χ3v) is 3.06. The second-order valence-electron chi connectivity index (χ2n) is 4.61. The second-order valence-corrected chi connectivity index (χ2v) is 4.61. The molecule has 0 spiro atoms. The van der Waals surface area contributed by atoms with Gasteiger partial charge in [-0.3, -0.25) is 14.9 Å². The largest absolute Gasteiger partial charge is 0.334 e. The third-order valence-electron chi connectivity index (χ3n) is 3.06. The molecule has 2 rings (SSSR count). The zero-order valence-electron chi connectivity index (χ0n) is 10.7. The molecule has 1 aliphatic rings. The van der Waals surface area contributed by atoms with Crippen LogP contribution in [0.25, 0.3) is 0 Å². The van der Waals surface area contributed by atoms with Crippen molar-refractivity contribution in [3.05, 3.63) is 51.1 Å². The minimum Gasteiger partial charge on any atom is -0.334 e. The Morgan fingerprint density at radius 3 is 2.70 bits per heavy atom. The van der Waals surface area contributed by atoms with Crippen molar-refractivity contribution in [2.24, 2.45) is 0 Å². The Labute approximate surface area is 113 Å².